The molecule has 3 heterocycles. The minimum atomic E-state index is -1.45. The van der Waals surface area contributed by atoms with E-state index in [2.05, 4.69) is 25.9 Å². The fraction of sp³-hybridized carbons (Fsp3) is 0.360. The largest absolute Gasteiger partial charge is 0.481 e. The summed E-state index contributed by atoms with van der Waals surface area (Å²) in [6, 6.07) is 12.9. The minimum absolute atomic E-state index is 0.00393. The fourth-order valence-electron chi connectivity index (χ4n) is 4.46. The van der Waals surface area contributed by atoms with Gasteiger partial charge in [0.25, 0.3) is 11.8 Å². The van der Waals surface area contributed by atoms with E-state index in [-0.39, 0.29) is 18.6 Å². The molecule has 2 amide bonds. The second kappa shape index (κ2) is 9.47. The van der Waals surface area contributed by atoms with Gasteiger partial charge in [0, 0.05) is 24.0 Å². The Morgan fingerprint density at radius 1 is 1.20 bits per heavy atom. The van der Waals surface area contributed by atoms with Crippen molar-refractivity contribution in [1.29, 1.82) is 0 Å². The second-order valence-corrected chi connectivity index (χ2v) is 8.86. The highest BCUT2D eigenvalue weighted by molar-refractivity contribution is 6.03. The van der Waals surface area contributed by atoms with Crippen LogP contribution in [0, 0.1) is 0 Å². The maximum Gasteiger partial charge on any atom is 0.263 e. The monoisotopic (exact) mass is 477 g/mol. The zero-order valence-corrected chi connectivity index (χ0v) is 19.3. The molecule has 4 N–H and O–H groups in total. The average Bonchev–Trinajstić information content (AvgIpc) is 2.88. The van der Waals surface area contributed by atoms with E-state index in [4.69, 9.17) is 9.47 Å². The van der Waals surface area contributed by atoms with E-state index in [1.807, 2.05) is 24.3 Å². The van der Waals surface area contributed by atoms with Crippen molar-refractivity contribution in [2.75, 3.05) is 24.4 Å². The first-order chi connectivity index (χ1) is 16.9. The predicted molar refractivity (Wildman–Crippen MR) is 129 cm³/mol. The summed E-state index contributed by atoms with van der Waals surface area (Å²) < 4.78 is 10.5. The van der Waals surface area contributed by atoms with Crippen LogP contribution >= 0.6 is 0 Å². The number of aromatic nitrogens is 2. The molecule has 0 bridgehead atoms. The van der Waals surface area contributed by atoms with Crippen LogP contribution < -0.4 is 25.4 Å². The van der Waals surface area contributed by atoms with Crippen molar-refractivity contribution in [3.63, 3.8) is 0 Å². The first kappa shape index (κ1) is 23.0. The number of rotatable bonds is 6. The van der Waals surface area contributed by atoms with Gasteiger partial charge in [-0.2, -0.15) is 0 Å². The maximum atomic E-state index is 13.0. The van der Waals surface area contributed by atoms with E-state index in [9.17, 15) is 14.7 Å². The standard InChI is InChI=1S/C25H27N5O5/c1-34-21-8-5-15-3-2-4-18(22(15)30-21)28-24(32)25(33)11-9-16(10-12-25)26-13-17-6-7-19-23(27-17)29-20(31)14-35-19/h2-8,16,26,33H,9-14H2,1H3,(H,28,32)(H,27,29,31). The molecule has 0 spiro atoms. The van der Waals surface area contributed by atoms with Crippen molar-refractivity contribution < 1.29 is 24.2 Å². The van der Waals surface area contributed by atoms with E-state index in [1.54, 1.807) is 25.3 Å². The third-order valence-corrected chi connectivity index (χ3v) is 6.49. The van der Waals surface area contributed by atoms with E-state index in [0.717, 1.165) is 11.1 Å². The number of para-hydroxylation sites is 1. The van der Waals surface area contributed by atoms with Crippen LogP contribution in [0.4, 0.5) is 11.5 Å². The topological polar surface area (TPSA) is 135 Å². The number of methoxy groups -OCH3 is 1. The first-order valence-electron chi connectivity index (χ1n) is 11.6. The highest BCUT2D eigenvalue weighted by Gasteiger charge is 2.40. The van der Waals surface area contributed by atoms with E-state index >= 15 is 0 Å². The van der Waals surface area contributed by atoms with Gasteiger partial charge in [-0.15, -0.1) is 0 Å². The van der Waals surface area contributed by atoms with Gasteiger partial charge in [0.15, 0.2) is 18.2 Å². The summed E-state index contributed by atoms with van der Waals surface area (Å²) in [6.45, 7) is 0.498. The Labute approximate surface area is 202 Å². The molecule has 182 valence electrons. The number of anilines is 2. The summed E-state index contributed by atoms with van der Waals surface area (Å²) in [5.41, 5.74) is 0.463. The van der Waals surface area contributed by atoms with Crippen LogP contribution in [0.5, 0.6) is 11.6 Å². The third-order valence-electron chi connectivity index (χ3n) is 6.49. The van der Waals surface area contributed by atoms with Crippen molar-refractivity contribution in [2.45, 2.75) is 43.9 Å². The quantitative estimate of drug-likeness (QED) is 0.425. The number of carbonyl (C=O) groups excluding carboxylic acids is 2. The number of pyridine rings is 2. The lowest BCUT2D eigenvalue weighted by molar-refractivity contribution is -0.137. The number of hydrogen-bond donors (Lipinski definition) is 4. The summed E-state index contributed by atoms with van der Waals surface area (Å²) in [4.78, 5) is 33.4. The molecule has 0 atom stereocenters. The molecule has 0 unspecified atom stereocenters. The number of nitrogens with zero attached hydrogens (tertiary/aromatic N) is 2. The molecule has 1 saturated carbocycles. The van der Waals surface area contributed by atoms with Crippen LogP contribution in [-0.2, 0) is 16.1 Å². The molecule has 1 aliphatic heterocycles. The minimum Gasteiger partial charge on any atom is -0.481 e. The van der Waals surface area contributed by atoms with Crippen LogP contribution in [-0.4, -0.2) is 52.2 Å². The van der Waals surface area contributed by atoms with Crippen LogP contribution in [0.3, 0.4) is 0 Å². The highest BCUT2D eigenvalue weighted by atomic mass is 16.5. The Hall–Kier alpha value is -3.76. The molecule has 10 heteroatoms. The molecule has 2 aromatic heterocycles. The summed E-state index contributed by atoms with van der Waals surface area (Å²) in [7, 11) is 1.54. The number of fused-ring (bicyclic) bond motifs is 2. The molecule has 0 saturated heterocycles. The molecule has 5 rings (SSSR count). The smallest absolute Gasteiger partial charge is 0.263 e. The van der Waals surface area contributed by atoms with Crippen LogP contribution in [0.2, 0.25) is 0 Å². The number of nitrogens with one attached hydrogen (secondary N) is 3. The molecule has 3 aromatic rings. The molecule has 2 aliphatic rings. The number of amides is 2. The lowest BCUT2D eigenvalue weighted by Crippen LogP contribution is -2.48. The molecule has 1 aliphatic carbocycles. The van der Waals surface area contributed by atoms with Crippen molar-refractivity contribution in [3.8, 4) is 11.6 Å². The van der Waals surface area contributed by atoms with Gasteiger partial charge in [-0.1, -0.05) is 12.1 Å². The number of benzene rings is 1. The maximum absolute atomic E-state index is 13.0. The van der Waals surface area contributed by atoms with Crippen molar-refractivity contribution in [1.82, 2.24) is 15.3 Å². The molecular weight excluding hydrogens is 450 g/mol. The van der Waals surface area contributed by atoms with Crippen LogP contribution in [0.25, 0.3) is 10.9 Å². The van der Waals surface area contributed by atoms with E-state index in [1.165, 1.54) is 0 Å². The normalized spacial score (nSPS) is 21.5. The van der Waals surface area contributed by atoms with Gasteiger partial charge in [0.1, 0.15) is 5.60 Å². The molecular formula is C25H27N5O5. The van der Waals surface area contributed by atoms with Crippen molar-refractivity contribution in [2.24, 2.45) is 0 Å². The van der Waals surface area contributed by atoms with Crippen molar-refractivity contribution in [3.05, 3.63) is 48.2 Å². The molecule has 1 aromatic carbocycles. The average molecular weight is 478 g/mol. The molecule has 10 nitrogen and oxygen atoms in total. The Morgan fingerprint density at radius 3 is 2.83 bits per heavy atom. The van der Waals surface area contributed by atoms with E-state index < -0.39 is 11.5 Å². The number of hydrogen-bond acceptors (Lipinski definition) is 8. The fourth-order valence-corrected chi connectivity index (χ4v) is 4.46. The van der Waals surface area contributed by atoms with E-state index in [0.29, 0.717) is 60.9 Å². The Morgan fingerprint density at radius 2 is 2.03 bits per heavy atom. The summed E-state index contributed by atoms with van der Waals surface area (Å²) in [5, 5.41) is 21.0. The summed E-state index contributed by atoms with van der Waals surface area (Å²) in [6.07, 6.45) is 1.94. The number of ether oxygens (including phenoxy) is 2. The Balaban J connectivity index is 1.18. The SMILES string of the molecule is COc1ccc2cccc(NC(=O)C3(O)CCC(NCc4ccc5c(n4)NC(=O)CO5)CC3)c2n1. The van der Waals surface area contributed by atoms with Crippen LogP contribution in [0.15, 0.2) is 42.5 Å². The van der Waals surface area contributed by atoms with Crippen LogP contribution in [0.1, 0.15) is 31.4 Å². The number of aliphatic hydroxyl groups is 1. The predicted octanol–water partition coefficient (Wildman–Crippen LogP) is 2.37. The Bertz CT molecular complexity index is 1270. The molecule has 1 fully saturated rings. The number of carbonyl (C=O) groups is 2. The van der Waals surface area contributed by atoms with Crippen molar-refractivity contribution >= 4 is 34.2 Å². The van der Waals surface area contributed by atoms with Gasteiger partial charge < -0.3 is 30.5 Å². The molecule has 35 heavy (non-hydrogen) atoms. The zero-order chi connectivity index (χ0) is 24.4. The lowest BCUT2D eigenvalue weighted by Gasteiger charge is -2.35. The summed E-state index contributed by atoms with van der Waals surface area (Å²) in [5.74, 6) is 0.782. The molecule has 0 radical (unpaired) electrons. The highest BCUT2D eigenvalue weighted by Crippen LogP contribution is 2.32. The second-order valence-electron chi connectivity index (χ2n) is 8.86. The van der Waals surface area contributed by atoms with Gasteiger partial charge in [-0.25, -0.2) is 9.97 Å². The van der Waals surface area contributed by atoms with Gasteiger partial charge in [-0.3, -0.25) is 9.59 Å². The van der Waals surface area contributed by atoms with Gasteiger partial charge >= 0.3 is 0 Å². The first-order valence-corrected chi connectivity index (χ1v) is 11.6. The third kappa shape index (κ3) is 4.89. The zero-order valence-electron chi connectivity index (χ0n) is 19.3. The van der Waals surface area contributed by atoms with Gasteiger partial charge in [-0.05, 0) is 49.9 Å². The van der Waals surface area contributed by atoms with Gasteiger partial charge in [0.05, 0.1) is 24.0 Å². The Kier molecular flexibility index (Phi) is 6.23. The lowest BCUT2D eigenvalue weighted by atomic mass is 9.81. The van der Waals surface area contributed by atoms with Gasteiger partial charge in [0.2, 0.25) is 5.88 Å². The summed E-state index contributed by atoms with van der Waals surface area (Å²) >= 11 is 0.